The first kappa shape index (κ1) is 48.7. The topological polar surface area (TPSA) is 16.3 Å². The SMILES string of the molecule is CCC(C)c1ccc2c(-c3ccc(N(c4ccccc4)c4ccc5c(c4)c4ccccc4n5-c4ccccc4)cc3)c3ccccc3c(-c3ccc(N(c4ccccc4)c4ccc5c(c4)c4ccccc4n5-c4ccccc4)cc3)c2c1. The van der Waals surface area contributed by atoms with E-state index >= 15 is 0 Å². The lowest BCUT2D eigenvalue weighted by atomic mass is 9.84. The second-order valence-electron chi connectivity index (χ2n) is 21.6. The number of benzene rings is 13. The largest absolute Gasteiger partial charge is 0.310 e. The zero-order valence-electron chi connectivity index (χ0n) is 45.9. The molecule has 13 aromatic carbocycles. The molecule has 4 nitrogen and oxygen atoms in total. The van der Waals surface area contributed by atoms with Gasteiger partial charge in [-0.1, -0.05) is 190 Å². The summed E-state index contributed by atoms with van der Waals surface area (Å²) in [4.78, 5) is 4.78. The number of hydrogen-bond acceptors (Lipinski definition) is 2. The van der Waals surface area contributed by atoms with Crippen LogP contribution in [0, 0.1) is 0 Å². The molecule has 0 radical (unpaired) electrons. The molecule has 0 aliphatic carbocycles. The van der Waals surface area contributed by atoms with Crippen molar-refractivity contribution in [1.82, 2.24) is 9.13 Å². The monoisotopic (exact) mass is 1050 g/mol. The summed E-state index contributed by atoms with van der Waals surface area (Å²) in [6, 6.07) is 109. The Morgan fingerprint density at radius 3 is 1.06 bits per heavy atom. The predicted octanol–water partition coefficient (Wildman–Crippen LogP) is 22.0. The molecule has 0 spiro atoms. The zero-order valence-corrected chi connectivity index (χ0v) is 45.9. The molecule has 0 aliphatic rings. The van der Waals surface area contributed by atoms with E-state index in [1.807, 2.05) is 0 Å². The lowest BCUT2D eigenvalue weighted by Gasteiger charge is -2.26. The number of para-hydroxylation sites is 6. The molecule has 15 rings (SSSR count). The van der Waals surface area contributed by atoms with Crippen molar-refractivity contribution in [1.29, 1.82) is 0 Å². The van der Waals surface area contributed by atoms with E-state index < -0.39 is 0 Å². The third-order valence-electron chi connectivity index (χ3n) is 16.9. The lowest BCUT2D eigenvalue weighted by Crippen LogP contribution is -2.09. The Labute approximate surface area is 478 Å². The van der Waals surface area contributed by atoms with Gasteiger partial charge in [-0.2, -0.15) is 0 Å². The van der Waals surface area contributed by atoms with Crippen LogP contribution in [0.15, 0.2) is 297 Å². The van der Waals surface area contributed by atoms with Gasteiger partial charge in [0.15, 0.2) is 0 Å². The molecule has 1 unspecified atom stereocenters. The third-order valence-corrected chi connectivity index (χ3v) is 16.9. The van der Waals surface area contributed by atoms with Crippen LogP contribution in [0.5, 0.6) is 0 Å². The number of anilines is 6. The molecule has 1 atom stereocenters. The van der Waals surface area contributed by atoms with Crippen LogP contribution in [0.1, 0.15) is 31.7 Å². The van der Waals surface area contributed by atoms with Gasteiger partial charge < -0.3 is 18.9 Å². The van der Waals surface area contributed by atoms with Gasteiger partial charge in [0.25, 0.3) is 0 Å². The summed E-state index contributed by atoms with van der Waals surface area (Å²) >= 11 is 0. The van der Waals surface area contributed by atoms with Crippen molar-refractivity contribution in [3.63, 3.8) is 0 Å². The summed E-state index contributed by atoms with van der Waals surface area (Å²) in [5.41, 5.74) is 19.9. The van der Waals surface area contributed by atoms with Crippen LogP contribution in [0.3, 0.4) is 0 Å². The van der Waals surface area contributed by atoms with Crippen LogP contribution in [0.25, 0.3) is 98.8 Å². The Morgan fingerprint density at radius 1 is 0.280 bits per heavy atom. The molecular formula is C78H58N4. The molecule has 0 N–H and O–H groups in total. The third kappa shape index (κ3) is 8.22. The van der Waals surface area contributed by atoms with Crippen LogP contribution in [0.2, 0.25) is 0 Å². The van der Waals surface area contributed by atoms with Gasteiger partial charge >= 0.3 is 0 Å². The first-order valence-corrected chi connectivity index (χ1v) is 28.6. The first-order chi connectivity index (χ1) is 40.6. The summed E-state index contributed by atoms with van der Waals surface area (Å²) in [5, 5.41) is 9.86. The smallest absolute Gasteiger partial charge is 0.0542 e. The summed E-state index contributed by atoms with van der Waals surface area (Å²) in [7, 11) is 0. The fourth-order valence-electron chi connectivity index (χ4n) is 12.9. The minimum Gasteiger partial charge on any atom is -0.310 e. The molecule has 4 heteroatoms. The summed E-state index contributed by atoms with van der Waals surface area (Å²) in [5.74, 6) is 0.408. The van der Waals surface area contributed by atoms with Crippen molar-refractivity contribution in [3.8, 4) is 33.6 Å². The van der Waals surface area contributed by atoms with E-state index in [1.165, 1.54) is 93.0 Å². The van der Waals surface area contributed by atoms with E-state index in [1.54, 1.807) is 0 Å². The van der Waals surface area contributed by atoms with E-state index in [4.69, 9.17) is 0 Å². The highest BCUT2D eigenvalue weighted by molar-refractivity contribution is 6.22. The second-order valence-corrected chi connectivity index (χ2v) is 21.6. The Kier molecular flexibility index (Phi) is 12.1. The van der Waals surface area contributed by atoms with Gasteiger partial charge in [-0.25, -0.2) is 0 Å². The lowest BCUT2D eigenvalue weighted by molar-refractivity contribution is 0.735. The molecule has 82 heavy (non-hydrogen) atoms. The van der Waals surface area contributed by atoms with Crippen molar-refractivity contribution in [2.75, 3.05) is 9.80 Å². The van der Waals surface area contributed by atoms with E-state index in [-0.39, 0.29) is 0 Å². The summed E-state index contributed by atoms with van der Waals surface area (Å²) < 4.78 is 4.76. The number of nitrogens with zero attached hydrogens (tertiary/aromatic N) is 4. The predicted molar refractivity (Wildman–Crippen MR) is 349 cm³/mol. The quantitative estimate of drug-likeness (QED) is 0.113. The molecule has 0 amide bonds. The molecular weight excluding hydrogens is 993 g/mol. The number of aromatic nitrogens is 2. The molecule has 0 bridgehead atoms. The Balaban J connectivity index is 0.851. The van der Waals surface area contributed by atoms with Crippen LogP contribution in [0.4, 0.5) is 34.1 Å². The highest BCUT2D eigenvalue weighted by Gasteiger charge is 2.23. The number of rotatable bonds is 12. The molecule has 0 aliphatic heterocycles. The van der Waals surface area contributed by atoms with Crippen LogP contribution in [-0.4, -0.2) is 9.13 Å². The van der Waals surface area contributed by atoms with Crippen molar-refractivity contribution in [3.05, 3.63) is 303 Å². The maximum Gasteiger partial charge on any atom is 0.0542 e. The Bertz CT molecular complexity index is 4830. The highest BCUT2D eigenvalue weighted by Crippen LogP contribution is 2.48. The van der Waals surface area contributed by atoms with E-state index in [9.17, 15) is 0 Å². The van der Waals surface area contributed by atoms with E-state index in [0.29, 0.717) is 5.92 Å². The average molecular weight is 1050 g/mol. The molecule has 0 saturated carbocycles. The Morgan fingerprint density at radius 2 is 0.622 bits per heavy atom. The fraction of sp³-hybridized carbons (Fsp3) is 0.0513. The van der Waals surface area contributed by atoms with E-state index in [0.717, 1.165) is 51.9 Å². The van der Waals surface area contributed by atoms with Crippen molar-refractivity contribution < 1.29 is 0 Å². The van der Waals surface area contributed by atoms with Crippen molar-refractivity contribution >= 4 is 99.3 Å². The van der Waals surface area contributed by atoms with Crippen LogP contribution < -0.4 is 9.80 Å². The summed E-state index contributed by atoms with van der Waals surface area (Å²) in [6.07, 6.45) is 1.06. The Hall–Kier alpha value is -10.4. The number of fused-ring (bicyclic) bond motifs is 8. The molecule has 0 saturated heterocycles. The molecule has 0 fully saturated rings. The van der Waals surface area contributed by atoms with Gasteiger partial charge in [0.05, 0.1) is 22.1 Å². The molecule has 2 aromatic heterocycles. The average Bonchev–Trinajstić information content (AvgIpc) is 4.26. The first-order valence-electron chi connectivity index (χ1n) is 28.6. The number of hydrogen-bond donors (Lipinski definition) is 0. The van der Waals surface area contributed by atoms with Gasteiger partial charge in [-0.15, -0.1) is 0 Å². The highest BCUT2D eigenvalue weighted by atomic mass is 15.1. The maximum atomic E-state index is 2.48. The molecule has 390 valence electrons. The molecule has 15 aromatic rings. The minimum absolute atomic E-state index is 0.408. The molecule has 2 heterocycles. The van der Waals surface area contributed by atoms with Gasteiger partial charge in [-0.05, 0) is 183 Å². The van der Waals surface area contributed by atoms with Gasteiger partial charge in [-0.3, -0.25) is 0 Å². The van der Waals surface area contributed by atoms with Gasteiger partial charge in [0.1, 0.15) is 0 Å². The zero-order chi connectivity index (χ0) is 54.7. The standard InChI is InChI=1S/C78H58N4/c1-3-53(2)56-40-47-69-72(50-56)78(55-38-43-62(44-39-55)80(58-24-10-5-11-25-58)64-46-49-76-71(52-64)66-31-19-21-35-74(66)82(76)60-28-14-7-15-29-60)68-33-17-16-32-67(68)77(69)54-36-41-61(42-37-54)79(57-22-8-4-9-23-57)63-45-48-75-70(51-63)65-30-18-20-34-73(65)81(75)59-26-12-6-13-27-59/h4-53H,3H2,1-2H3. The van der Waals surface area contributed by atoms with Crippen molar-refractivity contribution in [2.24, 2.45) is 0 Å². The van der Waals surface area contributed by atoms with Gasteiger partial charge in [0.2, 0.25) is 0 Å². The normalized spacial score (nSPS) is 12.0. The maximum absolute atomic E-state index is 2.48. The summed E-state index contributed by atoms with van der Waals surface area (Å²) in [6.45, 7) is 4.64. The van der Waals surface area contributed by atoms with E-state index in [2.05, 4.69) is 330 Å². The van der Waals surface area contributed by atoms with Crippen LogP contribution >= 0.6 is 0 Å². The van der Waals surface area contributed by atoms with Crippen LogP contribution in [-0.2, 0) is 0 Å². The van der Waals surface area contributed by atoms with Gasteiger partial charge in [0, 0.05) is 67.0 Å². The minimum atomic E-state index is 0.408. The second kappa shape index (κ2) is 20.4. The van der Waals surface area contributed by atoms with Crippen molar-refractivity contribution in [2.45, 2.75) is 26.2 Å². The fourth-order valence-corrected chi connectivity index (χ4v) is 12.9.